The fraction of sp³-hybridized carbons (Fsp3) is 0.368. The van der Waals surface area contributed by atoms with Gasteiger partial charge in [-0.1, -0.05) is 0 Å². The summed E-state index contributed by atoms with van der Waals surface area (Å²) in [6.45, 7) is 1.40. The van der Waals surface area contributed by atoms with Gasteiger partial charge in [-0.3, -0.25) is 9.59 Å². The molecule has 3 N–H and O–H groups in total. The zero-order valence-electron chi connectivity index (χ0n) is 15.1. The maximum absolute atomic E-state index is 12.1. The molecule has 1 aliphatic rings. The van der Waals surface area contributed by atoms with Crippen molar-refractivity contribution in [2.24, 2.45) is 0 Å². The van der Waals surface area contributed by atoms with Crippen LogP contribution in [0.4, 0.5) is 0 Å². The van der Waals surface area contributed by atoms with E-state index in [1.807, 2.05) is 0 Å². The highest BCUT2D eigenvalue weighted by atomic mass is 16.5. The number of hydrogen-bond acceptors (Lipinski definition) is 6. The number of aryl methyl sites for hydroxylation is 1. The lowest BCUT2D eigenvalue weighted by molar-refractivity contribution is -0.147. The van der Waals surface area contributed by atoms with Gasteiger partial charge in [0.25, 0.3) is 5.91 Å². The highest BCUT2D eigenvalue weighted by Gasteiger charge is 2.26. The molecule has 9 nitrogen and oxygen atoms in total. The molecule has 1 amide bonds. The molecule has 28 heavy (non-hydrogen) atoms. The monoisotopic (exact) mass is 389 g/mol. The summed E-state index contributed by atoms with van der Waals surface area (Å²) in [6.07, 6.45) is 0.561. The number of carboxylic acids is 2. The minimum atomic E-state index is -1.56. The number of benzene rings is 1. The number of amides is 1. The van der Waals surface area contributed by atoms with Gasteiger partial charge in [0.1, 0.15) is 17.4 Å². The number of aliphatic carboxylic acids is 2. The minimum absolute atomic E-state index is 0.265. The summed E-state index contributed by atoms with van der Waals surface area (Å²) in [4.78, 5) is 46.0. The van der Waals surface area contributed by atoms with Gasteiger partial charge in [0.05, 0.1) is 6.42 Å². The second-order valence-electron chi connectivity index (χ2n) is 6.62. The first-order valence-electron chi connectivity index (χ1n) is 8.76. The quantitative estimate of drug-likeness (QED) is 0.597. The summed E-state index contributed by atoms with van der Waals surface area (Å²) in [7, 11) is 0. The van der Waals surface area contributed by atoms with Crippen molar-refractivity contribution in [3.05, 3.63) is 39.7 Å². The molecule has 2 aromatic rings. The molecular formula is C19H19NO8. The molecule has 1 aromatic carbocycles. The summed E-state index contributed by atoms with van der Waals surface area (Å²) < 4.78 is 10.9. The van der Waals surface area contributed by atoms with Crippen molar-refractivity contribution in [2.45, 2.75) is 44.8 Å². The number of fused-ring (bicyclic) bond motifs is 3. The molecule has 0 saturated heterocycles. The Bertz CT molecular complexity index is 1010. The van der Waals surface area contributed by atoms with Crippen molar-refractivity contribution in [2.75, 3.05) is 0 Å². The van der Waals surface area contributed by atoms with Crippen LogP contribution < -0.4 is 15.7 Å². The molecule has 1 aliphatic carbocycles. The summed E-state index contributed by atoms with van der Waals surface area (Å²) >= 11 is 0. The molecule has 9 heteroatoms. The van der Waals surface area contributed by atoms with Crippen molar-refractivity contribution < 1.29 is 33.8 Å². The van der Waals surface area contributed by atoms with E-state index in [4.69, 9.17) is 19.4 Å². The van der Waals surface area contributed by atoms with Gasteiger partial charge >= 0.3 is 17.6 Å². The first-order chi connectivity index (χ1) is 13.3. The van der Waals surface area contributed by atoms with Crippen molar-refractivity contribution in [1.29, 1.82) is 0 Å². The number of carbonyl (C=O) groups is 3. The van der Waals surface area contributed by atoms with Crippen LogP contribution in [0.15, 0.2) is 27.4 Å². The third kappa shape index (κ3) is 3.98. The second-order valence-corrected chi connectivity index (χ2v) is 6.62. The predicted molar refractivity (Wildman–Crippen MR) is 96.4 cm³/mol. The molecule has 1 heterocycles. The summed E-state index contributed by atoms with van der Waals surface area (Å²) in [5.41, 5.74) is 1.65. The fourth-order valence-corrected chi connectivity index (χ4v) is 3.26. The SMILES string of the molecule is C[C@@H](Oc1ccc2c3c(c(=O)oc2c1)CCC3)C(=O)N[C@@H](CC(=O)O)C(=O)O. The molecule has 148 valence electrons. The Morgan fingerprint density at radius 1 is 1.21 bits per heavy atom. The van der Waals surface area contributed by atoms with Gasteiger partial charge in [-0.05, 0) is 43.9 Å². The minimum Gasteiger partial charge on any atom is -0.481 e. The Hall–Kier alpha value is -3.36. The van der Waals surface area contributed by atoms with E-state index in [9.17, 15) is 19.2 Å². The van der Waals surface area contributed by atoms with Gasteiger partial charge in [0.15, 0.2) is 6.10 Å². The van der Waals surface area contributed by atoms with E-state index < -0.39 is 36.4 Å². The van der Waals surface area contributed by atoms with Crippen LogP contribution in [0.25, 0.3) is 11.0 Å². The van der Waals surface area contributed by atoms with E-state index >= 15 is 0 Å². The molecule has 0 unspecified atom stereocenters. The van der Waals surface area contributed by atoms with Gasteiger partial charge in [0.2, 0.25) is 0 Å². The molecule has 3 rings (SSSR count). The van der Waals surface area contributed by atoms with Crippen LogP contribution in [0, 0.1) is 0 Å². The van der Waals surface area contributed by atoms with E-state index in [2.05, 4.69) is 5.32 Å². The molecule has 0 aliphatic heterocycles. The average molecular weight is 389 g/mol. The number of ether oxygens (including phenoxy) is 1. The number of rotatable bonds is 7. The highest BCUT2D eigenvalue weighted by molar-refractivity contribution is 5.89. The van der Waals surface area contributed by atoms with Gasteiger partial charge in [0, 0.05) is 17.0 Å². The maximum atomic E-state index is 12.1. The van der Waals surface area contributed by atoms with E-state index in [-0.39, 0.29) is 11.4 Å². The fourth-order valence-electron chi connectivity index (χ4n) is 3.26. The Kier molecular flexibility index (Phi) is 5.34. The third-order valence-electron chi connectivity index (χ3n) is 4.62. The standard InChI is InChI=1S/C19H19NO8/c1-9(17(23)20-14(18(24)25)8-16(21)22)27-10-5-6-12-11-3-2-4-13(11)19(26)28-15(12)7-10/h5-7,9,14H,2-4,8H2,1H3,(H,20,23)(H,21,22)(H,24,25)/t9-,14+/m1/s1. The normalized spacial score (nSPS) is 14.9. The maximum Gasteiger partial charge on any atom is 0.339 e. The average Bonchev–Trinajstić information content (AvgIpc) is 3.11. The van der Waals surface area contributed by atoms with Gasteiger partial charge < -0.3 is 24.7 Å². The van der Waals surface area contributed by atoms with Crippen LogP contribution in [-0.2, 0) is 27.2 Å². The third-order valence-corrected chi connectivity index (χ3v) is 4.62. The van der Waals surface area contributed by atoms with Gasteiger partial charge in [-0.15, -0.1) is 0 Å². The number of carbonyl (C=O) groups excluding carboxylic acids is 1. The lowest BCUT2D eigenvalue weighted by Crippen LogP contribution is -2.47. The summed E-state index contributed by atoms with van der Waals surface area (Å²) in [5.74, 6) is -3.31. The van der Waals surface area contributed by atoms with Crippen LogP contribution in [0.5, 0.6) is 5.75 Å². The Morgan fingerprint density at radius 2 is 1.93 bits per heavy atom. The van der Waals surface area contributed by atoms with E-state index in [1.54, 1.807) is 12.1 Å². The van der Waals surface area contributed by atoms with Gasteiger partial charge in [-0.25, -0.2) is 9.59 Å². The van der Waals surface area contributed by atoms with Crippen molar-refractivity contribution in [1.82, 2.24) is 5.32 Å². The molecule has 0 bridgehead atoms. The van der Waals surface area contributed by atoms with Gasteiger partial charge in [-0.2, -0.15) is 0 Å². The number of hydrogen-bond donors (Lipinski definition) is 3. The lowest BCUT2D eigenvalue weighted by Gasteiger charge is -2.18. The molecule has 0 spiro atoms. The molecule has 1 aromatic heterocycles. The Balaban J connectivity index is 1.75. The van der Waals surface area contributed by atoms with E-state index in [0.29, 0.717) is 17.6 Å². The first-order valence-corrected chi connectivity index (χ1v) is 8.76. The van der Waals surface area contributed by atoms with E-state index in [0.717, 1.165) is 23.8 Å². The Labute approximate surface area is 158 Å². The number of carboxylic acid groups (broad SMARTS) is 2. The highest BCUT2D eigenvalue weighted by Crippen LogP contribution is 2.29. The number of nitrogens with one attached hydrogen (secondary N) is 1. The lowest BCUT2D eigenvalue weighted by atomic mass is 10.1. The molecule has 2 atom stereocenters. The van der Waals surface area contributed by atoms with E-state index in [1.165, 1.54) is 13.0 Å². The molecule has 0 saturated carbocycles. The Morgan fingerprint density at radius 3 is 2.61 bits per heavy atom. The molecule has 0 radical (unpaired) electrons. The summed E-state index contributed by atoms with van der Waals surface area (Å²) in [6, 6.07) is 3.34. The molecular weight excluding hydrogens is 370 g/mol. The van der Waals surface area contributed by atoms with Crippen LogP contribution >= 0.6 is 0 Å². The topological polar surface area (TPSA) is 143 Å². The predicted octanol–water partition coefficient (Wildman–Crippen LogP) is 1.09. The smallest absolute Gasteiger partial charge is 0.339 e. The largest absolute Gasteiger partial charge is 0.481 e. The van der Waals surface area contributed by atoms with Crippen molar-refractivity contribution in [3.8, 4) is 5.75 Å². The zero-order chi connectivity index (χ0) is 20.4. The molecule has 0 fully saturated rings. The summed E-state index contributed by atoms with van der Waals surface area (Å²) in [5, 5.41) is 20.7. The van der Waals surface area contributed by atoms with Crippen LogP contribution in [0.1, 0.15) is 30.9 Å². The van der Waals surface area contributed by atoms with Crippen LogP contribution in [0.3, 0.4) is 0 Å². The zero-order valence-corrected chi connectivity index (χ0v) is 15.1. The van der Waals surface area contributed by atoms with Crippen LogP contribution in [0.2, 0.25) is 0 Å². The second kappa shape index (κ2) is 7.71. The van der Waals surface area contributed by atoms with Crippen LogP contribution in [-0.4, -0.2) is 40.2 Å². The van der Waals surface area contributed by atoms with Crippen molar-refractivity contribution in [3.63, 3.8) is 0 Å². The van der Waals surface area contributed by atoms with Crippen molar-refractivity contribution >= 4 is 28.8 Å². The first kappa shape index (κ1) is 19.4.